The molecule has 1 fully saturated rings. The molecule has 2 rings (SSSR count). The summed E-state index contributed by atoms with van der Waals surface area (Å²) in [6.45, 7) is 1.63. The molecule has 1 atom stereocenters. The van der Waals surface area contributed by atoms with E-state index in [1.54, 1.807) is 7.05 Å². The zero-order valence-corrected chi connectivity index (χ0v) is 10.2. The molecule has 2 N–H and O–H groups in total. The van der Waals surface area contributed by atoms with Crippen LogP contribution in [0.3, 0.4) is 0 Å². The highest BCUT2D eigenvalue weighted by molar-refractivity contribution is 6.99. The van der Waals surface area contributed by atoms with Crippen molar-refractivity contribution < 1.29 is 9.59 Å². The molecule has 1 aromatic heterocycles. The van der Waals surface area contributed by atoms with Crippen LogP contribution in [0.1, 0.15) is 10.5 Å². The van der Waals surface area contributed by atoms with E-state index in [4.69, 9.17) is 0 Å². The highest BCUT2D eigenvalue weighted by Crippen LogP contribution is 2.09. The first-order valence-corrected chi connectivity index (χ1v) is 5.98. The number of aromatic nitrogens is 2. The molecule has 1 saturated heterocycles. The maximum atomic E-state index is 12.1. The van der Waals surface area contributed by atoms with E-state index in [2.05, 4.69) is 19.4 Å². The van der Waals surface area contributed by atoms with E-state index in [0.717, 1.165) is 11.7 Å². The number of hydrogen-bond donors (Lipinski definition) is 2. The standard InChI is InChI=1S/C9H13N5O2S/c1-10-8(15)7-5-11-2-3-14(7)9(16)6-4-12-17-13-6/h4,7,11H,2-3,5H2,1H3,(H,10,15). The molecule has 0 bridgehead atoms. The molecule has 0 saturated carbocycles. The van der Waals surface area contributed by atoms with Crippen molar-refractivity contribution in [2.45, 2.75) is 6.04 Å². The lowest BCUT2D eigenvalue weighted by atomic mass is 10.1. The number of piperazine rings is 1. The van der Waals surface area contributed by atoms with Gasteiger partial charge in [0, 0.05) is 26.7 Å². The van der Waals surface area contributed by atoms with E-state index >= 15 is 0 Å². The molecular weight excluding hydrogens is 242 g/mol. The molecule has 7 nitrogen and oxygen atoms in total. The van der Waals surface area contributed by atoms with Gasteiger partial charge in [0.05, 0.1) is 17.9 Å². The average Bonchev–Trinajstić information content (AvgIpc) is 2.91. The van der Waals surface area contributed by atoms with Crippen molar-refractivity contribution in [3.63, 3.8) is 0 Å². The molecule has 1 aliphatic rings. The highest BCUT2D eigenvalue weighted by Gasteiger charge is 2.32. The van der Waals surface area contributed by atoms with Gasteiger partial charge in [0.2, 0.25) is 5.91 Å². The van der Waals surface area contributed by atoms with Gasteiger partial charge in [-0.25, -0.2) is 0 Å². The Bertz CT molecular complexity index is 408. The van der Waals surface area contributed by atoms with Gasteiger partial charge >= 0.3 is 0 Å². The molecule has 0 spiro atoms. The van der Waals surface area contributed by atoms with Gasteiger partial charge in [-0.2, -0.15) is 8.75 Å². The van der Waals surface area contributed by atoms with Crippen molar-refractivity contribution in [3.8, 4) is 0 Å². The molecule has 1 aliphatic heterocycles. The summed E-state index contributed by atoms with van der Waals surface area (Å²) in [5, 5.41) is 5.65. The second kappa shape index (κ2) is 5.19. The Kier molecular flexibility index (Phi) is 3.64. The maximum Gasteiger partial charge on any atom is 0.276 e. The fraction of sp³-hybridized carbons (Fsp3) is 0.556. The molecule has 0 aliphatic carbocycles. The van der Waals surface area contributed by atoms with Crippen LogP contribution in [-0.2, 0) is 4.79 Å². The first-order valence-electron chi connectivity index (χ1n) is 5.25. The van der Waals surface area contributed by atoms with E-state index in [1.807, 2.05) is 0 Å². The Hall–Kier alpha value is -1.54. The van der Waals surface area contributed by atoms with Gasteiger partial charge in [-0.05, 0) is 0 Å². The molecule has 0 radical (unpaired) electrons. The summed E-state index contributed by atoms with van der Waals surface area (Å²) in [6.07, 6.45) is 1.43. The zero-order valence-electron chi connectivity index (χ0n) is 9.34. The summed E-state index contributed by atoms with van der Waals surface area (Å²) < 4.78 is 7.69. The predicted molar refractivity (Wildman–Crippen MR) is 61.7 cm³/mol. The van der Waals surface area contributed by atoms with Crippen LogP contribution in [0.25, 0.3) is 0 Å². The number of rotatable bonds is 2. The lowest BCUT2D eigenvalue weighted by molar-refractivity contribution is -0.125. The van der Waals surface area contributed by atoms with Crippen LogP contribution in [0.4, 0.5) is 0 Å². The zero-order chi connectivity index (χ0) is 12.3. The van der Waals surface area contributed by atoms with Gasteiger partial charge in [-0.15, -0.1) is 0 Å². The third-order valence-electron chi connectivity index (χ3n) is 2.63. The molecule has 0 aromatic carbocycles. The Morgan fingerprint density at radius 1 is 1.65 bits per heavy atom. The van der Waals surface area contributed by atoms with Gasteiger partial charge < -0.3 is 15.5 Å². The van der Waals surface area contributed by atoms with Crippen molar-refractivity contribution in [3.05, 3.63) is 11.9 Å². The van der Waals surface area contributed by atoms with Crippen LogP contribution in [0.15, 0.2) is 6.20 Å². The second-order valence-corrected chi connectivity index (χ2v) is 4.18. The number of carbonyl (C=O) groups is 2. The molecule has 2 heterocycles. The highest BCUT2D eigenvalue weighted by atomic mass is 32.1. The average molecular weight is 255 g/mol. The van der Waals surface area contributed by atoms with Gasteiger partial charge in [0.15, 0.2) is 5.69 Å². The monoisotopic (exact) mass is 255 g/mol. The quantitative estimate of drug-likeness (QED) is 0.686. The number of hydrogen-bond acceptors (Lipinski definition) is 6. The van der Waals surface area contributed by atoms with Gasteiger partial charge in [0.1, 0.15) is 6.04 Å². The van der Waals surface area contributed by atoms with E-state index in [9.17, 15) is 9.59 Å². The molecule has 2 amide bonds. The lowest BCUT2D eigenvalue weighted by Gasteiger charge is -2.34. The summed E-state index contributed by atoms with van der Waals surface area (Å²) in [7, 11) is 1.56. The molecule has 92 valence electrons. The number of nitrogens with zero attached hydrogens (tertiary/aromatic N) is 3. The summed E-state index contributed by atoms with van der Waals surface area (Å²) in [5.41, 5.74) is 0.297. The minimum absolute atomic E-state index is 0.172. The molecule has 17 heavy (non-hydrogen) atoms. The summed E-state index contributed by atoms with van der Waals surface area (Å²) in [6, 6.07) is -0.483. The minimum Gasteiger partial charge on any atom is -0.357 e. The van der Waals surface area contributed by atoms with Crippen LogP contribution in [-0.4, -0.2) is 58.2 Å². The first-order chi connectivity index (χ1) is 8.24. The fourth-order valence-electron chi connectivity index (χ4n) is 1.75. The minimum atomic E-state index is -0.483. The van der Waals surface area contributed by atoms with E-state index in [0.29, 0.717) is 25.3 Å². The number of amides is 2. The van der Waals surface area contributed by atoms with Crippen molar-refractivity contribution >= 4 is 23.5 Å². The maximum absolute atomic E-state index is 12.1. The SMILES string of the molecule is CNC(=O)C1CNCCN1C(=O)c1cnsn1. The topological polar surface area (TPSA) is 87.2 Å². The number of likely N-dealkylation sites (N-methyl/N-ethyl adjacent to an activating group) is 1. The van der Waals surface area contributed by atoms with Gasteiger partial charge in [-0.3, -0.25) is 9.59 Å². The van der Waals surface area contributed by atoms with E-state index in [-0.39, 0.29) is 11.8 Å². The predicted octanol–water partition coefficient (Wildman–Crippen LogP) is -1.30. The normalized spacial score (nSPS) is 20.1. The Morgan fingerprint density at radius 3 is 3.12 bits per heavy atom. The molecule has 1 aromatic rings. The Labute approximate surface area is 103 Å². The van der Waals surface area contributed by atoms with Crippen molar-refractivity contribution in [2.75, 3.05) is 26.7 Å². The third-order valence-corrected chi connectivity index (χ3v) is 3.11. The first kappa shape index (κ1) is 11.9. The lowest BCUT2D eigenvalue weighted by Crippen LogP contribution is -2.59. The van der Waals surface area contributed by atoms with Crippen molar-refractivity contribution in [2.24, 2.45) is 0 Å². The Morgan fingerprint density at radius 2 is 2.47 bits per heavy atom. The molecular formula is C9H13N5O2S. The smallest absolute Gasteiger partial charge is 0.276 e. The molecule has 1 unspecified atom stereocenters. The van der Waals surface area contributed by atoms with Crippen LogP contribution in [0.5, 0.6) is 0 Å². The van der Waals surface area contributed by atoms with Crippen LogP contribution in [0, 0.1) is 0 Å². The van der Waals surface area contributed by atoms with E-state index in [1.165, 1.54) is 11.1 Å². The van der Waals surface area contributed by atoms with Gasteiger partial charge in [0.25, 0.3) is 5.91 Å². The van der Waals surface area contributed by atoms with Crippen molar-refractivity contribution in [1.29, 1.82) is 0 Å². The number of carbonyl (C=O) groups excluding carboxylic acids is 2. The second-order valence-electron chi connectivity index (χ2n) is 3.63. The van der Waals surface area contributed by atoms with Gasteiger partial charge in [-0.1, -0.05) is 0 Å². The molecule has 8 heteroatoms. The summed E-state index contributed by atoms with van der Waals surface area (Å²) in [4.78, 5) is 25.3. The van der Waals surface area contributed by atoms with Crippen LogP contribution < -0.4 is 10.6 Å². The van der Waals surface area contributed by atoms with Crippen LogP contribution >= 0.6 is 11.7 Å². The van der Waals surface area contributed by atoms with E-state index < -0.39 is 6.04 Å². The Balaban J connectivity index is 2.16. The summed E-state index contributed by atoms with van der Waals surface area (Å²) in [5.74, 6) is -0.414. The summed E-state index contributed by atoms with van der Waals surface area (Å²) >= 11 is 0.984. The van der Waals surface area contributed by atoms with Crippen molar-refractivity contribution in [1.82, 2.24) is 24.3 Å². The van der Waals surface area contributed by atoms with Crippen LogP contribution in [0.2, 0.25) is 0 Å². The fourth-order valence-corrected chi connectivity index (χ4v) is 2.16. The number of nitrogens with one attached hydrogen (secondary N) is 2. The third kappa shape index (κ3) is 2.42. The largest absolute Gasteiger partial charge is 0.357 e.